The molecule has 110 valence electrons. The quantitative estimate of drug-likeness (QED) is 0.855. The van der Waals surface area contributed by atoms with E-state index in [0.29, 0.717) is 18.5 Å². The van der Waals surface area contributed by atoms with E-state index < -0.39 is 0 Å². The summed E-state index contributed by atoms with van der Waals surface area (Å²) in [5.74, 6) is 0.660. The third-order valence-electron chi connectivity index (χ3n) is 3.26. The van der Waals surface area contributed by atoms with Crippen LogP contribution < -0.4 is 10.1 Å². The minimum atomic E-state index is -0.130. The second-order valence-corrected chi connectivity index (χ2v) is 4.66. The molecule has 0 atom stereocenters. The minimum Gasteiger partial charge on any atom is -0.497 e. The number of ether oxygens (including phenoxy) is 1. The van der Waals surface area contributed by atoms with Gasteiger partial charge in [-0.2, -0.15) is 0 Å². The number of nitrogens with one attached hydrogen (secondary N) is 1. The third kappa shape index (κ3) is 4.07. The molecule has 2 rings (SSSR count). The Balaban J connectivity index is 2.01. The Morgan fingerprint density at radius 3 is 2.52 bits per heavy atom. The standard InChI is InChI=1S/C17H19NO3/c1-21-15-8-6-13(7-9-15)12-18-17(20)16-5-3-2-4-14(16)10-11-19/h2-9,19H,10-12H2,1H3,(H,18,20). The van der Waals surface area contributed by atoms with Crippen molar-refractivity contribution in [3.8, 4) is 5.75 Å². The van der Waals surface area contributed by atoms with Crippen molar-refractivity contribution in [3.05, 3.63) is 65.2 Å². The molecule has 0 saturated carbocycles. The summed E-state index contributed by atoms with van der Waals surface area (Å²) < 4.78 is 5.10. The number of hydrogen-bond donors (Lipinski definition) is 2. The largest absolute Gasteiger partial charge is 0.497 e. The number of aliphatic hydroxyl groups excluding tert-OH is 1. The molecular formula is C17H19NO3. The zero-order valence-corrected chi connectivity index (χ0v) is 12.0. The van der Waals surface area contributed by atoms with Crippen molar-refractivity contribution in [1.82, 2.24) is 5.32 Å². The van der Waals surface area contributed by atoms with Crippen molar-refractivity contribution in [2.45, 2.75) is 13.0 Å². The van der Waals surface area contributed by atoms with Crippen molar-refractivity contribution in [3.63, 3.8) is 0 Å². The molecule has 4 nitrogen and oxygen atoms in total. The molecule has 0 aliphatic heterocycles. The molecular weight excluding hydrogens is 266 g/mol. The van der Waals surface area contributed by atoms with Gasteiger partial charge in [0.2, 0.25) is 0 Å². The van der Waals surface area contributed by atoms with Gasteiger partial charge in [0.1, 0.15) is 5.75 Å². The van der Waals surface area contributed by atoms with E-state index in [1.807, 2.05) is 42.5 Å². The van der Waals surface area contributed by atoms with Gasteiger partial charge in [-0.1, -0.05) is 30.3 Å². The van der Waals surface area contributed by atoms with Gasteiger partial charge in [0, 0.05) is 18.7 Å². The fraction of sp³-hybridized carbons (Fsp3) is 0.235. The molecule has 0 aliphatic carbocycles. The predicted octanol–water partition coefficient (Wildman–Crippen LogP) is 2.16. The van der Waals surface area contributed by atoms with Gasteiger partial charge < -0.3 is 15.2 Å². The lowest BCUT2D eigenvalue weighted by molar-refractivity contribution is 0.0950. The number of rotatable bonds is 6. The van der Waals surface area contributed by atoms with E-state index in [9.17, 15) is 4.79 Å². The molecule has 2 aromatic carbocycles. The van der Waals surface area contributed by atoms with Crippen molar-refractivity contribution in [1.29, 1.82) is 0 Å². The topological polar surface area (TPSA) is 58.6 Å². The van der Waals surface area contributed by atoms with Gasteiger partial charge in [-0.15, -0.1) is 0 Å². The van der Waals surface area contributed by atoms with Crippen LogP contribution in [0.25, 0.3) is 0 Å². The first kappa shape index (κ1) is 15.1. The second-order valence-electron chi connectivity index (χ2n) is 4.66. The highest BCUT2D eigenvalue weighted by atomic mass is 16.5. The van der Waals surface area contributed by atoms with Crippen LogP contribution >= 0.6 is 0 Å². The van der Waals surface area contributed by atoms with Crippen molar-refractivity contribution in [2.24, 2.45) is 0 Å². The van der Waals surface area contributed by atoms with Crippen molar-refractivity contribution in [2.75, 3.05) is 13.7 Å². The molecule has 2 N–H and O–H groups in total. The average molecular weight is 285 g/mol. The summed E-state index contributed by atoms with van der Waals surface area (Å²) in [6.07, 6.45) is 0.478. The lowest BCUT2D eigenvalue weighted by Crippen LogP contribution is -2.24. The van der Waals surface area contributed by atoms with Crippen LogP contribution in [-0.2, 0) is 13.0 Å². The van der Waals surface area contributed by atoms with Crippen LogP contribution in [0.2, 0.25) is 0 Å². The van der Waals surface area contributed by atoms with Crippen LogP contribution in [-0.4, -0.2) is 24.7 Å². The van der Waals surface area contributed by atoms with Gasteiger partial charge in [0.05, 0.1) is 7.11 Å². The maximum Gasteiger partial charge on any atom is 0.251 e. The molecule has 0 heterocycles. The smallest absolute Gasteiger partial charge is 0.251 e. The zero-order valence-electron chi connectivity index (χ0n) is 12.0. The van der Waals surface area contributed by atoms with Crippen molar-refractivity contribution >= 4 is 5.91 Å². The summed E-state index contributed by atoms with van der Waals surface area (Å²) in [7, 11) is 1.62. The van der Waals surface area contributed by atoms with Crippen LogP contribution in [0.15, 0.2) is 48.5 Å². The van der Waals surface area contributed by atoms with E-state index in [2.05, 4.69) is 5.32 Å². The van der Waals surface area contributed by atoms with E-state index in [1.54, 1.807) is 13.2 Å². The van der Waals surface area contributed by atoms with Gasteiger partial charge >= 0.3 is 0 Å². The molecule has 0 aromatic heterocycles. The van der Waals surface area contributed by atoms with Crippen molar-refractivity contribution < 1.29 is 14.6 Å². The summed E-state index contributed by atoms with van der Waals surface area (Å²) in [6, 6.07) is 14.9. The fourth-order valence-electron chi connectivity index (χ4n) is 2.10. The molecule has 4 heteroatoms. The van der Waals surface area contributed by atoms with E-state index in [0.717, 1.165) is 16.9 Å². The Hall–Kier alpha value is -2.33. The van der Waals surface area contributed by atoms with Gasteiger partial charge in [-0.25, -0.2) is 0 Å². The van der Waals surface area contributed by atoms with Crippen LogP contribution in [0.3, 0.4) is 0 Å². The molecule has 1 amide bonds. The van der Waals surface area contributed by atoms with Gasteiger partial charge in [0.25, 0.3) is 5.91 Å². The van der Waals surface area contributed by atoms with Gasteiger partial charge in [-0.05, 0) is 35.7 Å². The maximum atomic E-state index is 12.2. The normalized spacial score (nSPS) is 10.2. The van der Waals surface area contributed by atoms with E-state index in [1.165, 1.54) is 0 Å². The highest BCUT2D eigenvalue weighted by Gasteiger charge is 2.10. The van der Waals surface area contributed by atoms with E-state index in [-0.39, 0.29) is 12.5 Å². The van der Waals surface area contributed by atoms with Crippen LogP contribution in [0.4, 0.5) is 0 Å². The summed E-state index contributed by atoms with van der Waals surface area (Å²) in [5, 5.41) is 11.9. The monoisotopic (exact) mass is 285 g/mol. The predicted molar refractivity (Wildman–Crippen MR) is 81.4 cm³/mol. The number of aliphatic hydroxyl groups is 1. The number of carbonyl (C=O) groups is 1. The molecule has 0 spiro atoms. The summed E-state index contributed by atoms with van der Waals surface area (Å²) in [5.41, 5.74) is 2.47. The average Bonchev–Trinajstić information content (AvgIpc) is 2.54. The van der Waals surface area contributed by atoms with Crippen LogP contribution in [0.5, 0.6) is 5.75 Å². The molecule has 21 heavy (non-hydrogen) atoms. The SMILES string of the molecule is COc1ccc(CNC(=O)c2ccccc2CCO)cc1. The zero-order chi connectivity index (χ0) is 15.1. The molecule has 0 fully saturated rings. The third-order valence-corrected chi connectivity index (χ3v) is 3.26. The van der Waals surface area contributed by atoms with Crippen LogP contribution in [0, 0.1) is 0 Å². The first-order valence-electron chi connectivity index (χ1n) is 6.84. The van der Waals surface area contributed by atoms with E-state index >= 15 is 0 Å². The van der Waals surface area contributed by atoms with Gasteiger partial charge in [0.15, 0.2) is 0 Å². The highest BCUT2D eigenvalue weighted by molar-refractivity contribution is 5.95. The first-order chi connectivity index (χ1) is 10.2. The van der Waals surface area contributed by atoms with E-state index in [4.69, 9.17) is 9.84 Å². The number of amides is 1. The molecule has 0 saturated heterocycles. The Bertz CT molecular complexity index is 593. The first-order valence-corrected chi connectivity index (χ1v) is 6.84. The van der Waals surface area contributed by atoms with Gasteiger partial charge in [-0.3, -0.25) is 4.79 Å². The maximum absolute atomic E-state index is 12.2. The minimum absolute atomic E-state index is 0.0305. The fourth-order valence-corrected chi connectivity index (χ4v) is 2.10. The Morgan fingerprint density at radius 1 is 1.14 bits per heavy atom. The number of carbonyl (C=O) groups excluding carboxylic acids is 1. The lowest BCUT2D eigenvalue weighted by atomic mass is 10.0. The summed E-state index contributed by atoms with van der Waals surface area (Å²) >= 11 is 0. The number of benzene rings is 2. The Morgan fingerprint density at radius 2 is 1.86 bits per heavy atom. The Kier molecular flexibility index (Phi) is 5.35. The van der Waals surface area contributed by atoms with Crippen LogP contribution in [0.1, 0.15) is 21.5 Å². The molecule has 0 unspecified atom stereocenters. The summed E-state index contributed by atoms with van der Waals surface area (Å²) in [6.45, 7) is 0.485. The Labute approximate surface area is 124 Å². The summed E-state index contributed by atoms with van der Waals surface area (Å²) in [4.78, 5) is 12.2. The molecule has 0 bridgehead atoms. The highest BCUT2D eigenvalue weighted by Crippen LogP contribution is 2.12. The number of methoxy groups -OCH3 is 1. The lowest BCUT2D eigenvalue weighted by Gasteiger charge is -2.10. The molecule has 0 radical (unpaired) electrons. The molecule has 0 aliphatic rings. The number of hydrogen-bond acceptors (Lipinski definition) is 3. The molecule has 2 aromatic rings. The second kappa shape index (κ2) is 7.45.